The highest BCUT2D eigenvalue weighted by Gasteiger charge is 2.70. The van der Waals surface area contributed by atoms with Crippen molar-refractivity contribution in [2.75, 3.05) is 27.2 Å². The van der Waals surface area contributed by atoms with Gasteiger partial charge in [0.15, 0.2) is 0 Å². The zero-order valence-corrected chi connectivity index (χ0v) is 33.0. The third kappa shape index (κ3) is 10.6. The number of hydrogen-bond donors (Lipinski definition) is 4. The van der Waals surface area contributed by atoms with Gasteiger partial charge in [-0.05, 0) is 68.8 Å². The summed E-state index contributed by atoms with van der Waals surface area (Å²) >= 11 is 0. The molecule has 3 aliphatic rings. The molecule has 1 saturated heterocycles. The van der Waals surface area contributed by atoms with Gasteiger partial charge in [-0.1, -0.05) is 57.5 Å². The molecule has 1 aromatic carbocycles. The Balaban J connectivity index is 1.47. The summed E-state index contributed by atoms with van der Waals surface area (Å²) in [6.45, 7) is 10.2. The molecule has 1 heterocycles. The number of Topliss-reactive ketones (excluding diaryl/α,β-unsaturated/α-hetero) is 1. The monoisotopic (exact) mass is 774 g/mol. The second-order valence-corrected chi connectivity index (χ2v) is 16.7. The minimum Gasteiger partial charge on any atom is -0.444 e. The predicted octanol–water partition coefficient (Wildman–Crippen LogP) is 3.10. The van der Waals surface area contributed by atoms with Crippen molar-refractivity contribution < 1.29 is 47.1 Å². The fraction of sp³-hybridized carbons (Fsp3) is 0.667. The van der Waals surface area contributed by atoms with Gasteiger partial charge in [-0.25, -0.2) is 13.6 Å². The van der Waals surface area contributed by atoms with Gasteiger partial charge in [0.2, 0.25) is 35.3 Å². The molecule has 0 radical (unpaired) electrons. The Hall–Kier alpha value is -4.63. The Labute approximate surface area is 321 Å². The van der Waals surface area contributed by atoms with Crippen LogP contribution in [0.4, 0.5) is 13.6 Å². The number of halogens is 2. The maximum Gasteiger partial charge on any atom is 0.408 e. The number of alkyl carbamates (subject to hydrolysis) is 1. The Bertz CT molecular complexity index is 1620. The number of alkyl halides is 2. The Morgan fingerprint density at radius 3 is 2.15 bits per heavy atom. The Kier molecular flexibility index (Phi) is 13.3. The van der Waals surface area contributed by atoms with Gasteiger partial charge in [-0.3, -0.25) is 28.8 Å². The lowest BCUT2D eigenvalue weighted by atomic mass is 9.81. The van der Waals surface area contributed by atoms with Crippen LogP contribution in [-0.2, 0) is 33.5 Å². The van der Waals surface area contributed by atoms with E-state index in [9.17, 15) is 42.3 Å². The van der Waals surface area contributed by atoms with Gasteiger partial charge in [-0.2, -0.15) is 0 Å². The molecule has 1 aliphatic heterocycles. The van der Waals surface area contributed by atoms with Gasteiger partial charge < -0.3 is 35.8 Å². The number of amides is 6. The standard InChI is InChI=1S/C39H56F2N6O8/c1-9-13-25(31(49)33(51)42-20-26(48)44-28(34(52)46(7)8)22-14-11-10-12-15-22)43-32(50)30-27-24(38(27,5)6)21-47(30)35(53)29(45-36(54)55-37(2,3)4)23-16-18-39(40,41)19-17-23/h10-12,14-15,23-25,27-30H,9,13,16-21H2,1-8H3,(H,42,51)(H,43,50)(H,44,48)(H,45,54)/t24-,25?,27-,28-,29?,30-/m0/s1. The average Bonchev–Trinajstić information content (AvgIpc) is 3.41. The van der Waals surface area contributed by atoms with Crippen LogP contribution in [0.25, 0.3) is 0 Å². The minimum atomic E-state index is -2.88. The quantitative estimate of drug-likeness (QED) is 0.208. The number of likely N-dealkylation sites (tertiary alicyclic amines) is 1. The normalized spacial score (nSPS) is 22.9. The van der Waals surface area contributed by atoms with E-state index in [4.69, 9.17) is 4.74 Å². The zero-order chi connectivity index (χ0) is 41.0. The molecule has 0 spiro atoms. The number of carbonyl (C=O) groups is 7. The molecule has 0 bridgehead atoms. The maximum absolute atomic E-state index is 14.3. The fourth-order valence-electron chi connectivity index (χ4n) is 7.83. The molecule has 6 atom stereocenters. The third-order valence-corrected chi connectivity index (χ3v) is 10.9. The van der Waals surface area contributed by atoms with Crippen molar-refractivity contribution in [3.05, 3.63) is 35.9 Å². The molecule has 3 fully saturated rings. The molecule has 6 amide bonds. The van der Waals surface area contributed by atoms with Crippen LogP contribution in [0.1, 0.15) is 91.7 Å². The minimum absolute atomic E-state index is 0.0264. The van der Waals surface area contributed by atoms with Crippen LogP contribution in [0, 0.1) is 23.2 Å². The highest BCUT2D eigenvalue weighted by molar-refractivity contribution is 6.38. The molecule has 2 saturated carbocycles. The number of nitrogens with one attached hydrogen (secondary N) is 4. The molecule has 4 rings (SSSR count). The van der Waals surface area contributed by atoms with E-state index in [1.165, 1.54) is 23.9 Å². The Morgan fingerprint density at radius 2 is 1.58 bits per heavy atom. The van der Waals surface area contributed by atoms with E-state index >= 15 is 0 Å². The number of likely N-dealkylation sites (N-methyl/N-ethyl adjacent to an activating group) is 1. The van der Waals surface area contributed by atoms with Crippen LogP contribution in [0.15, 0.2) is 30.3 Å². The van der Waals surface area contributed by atoms with Crippen LogP contribution in [0.3, 0.4) is 0 Å². The van der Waals surface area contributed by atoms with Crippen LogP contribution in [0.5, 0.6) is 0 Å². The van der Waals surface area contributed by atoms with Crippen molar-refractivity contribution in [1.29, 1.82) is 0 Å². The number of carbonyl (C=O) groups excluding carboxylic acids is 7. The molecule has 0 aromatic heterocycles. The van der Waals surface area contributed by atoms with E-state index in [1.807, 2.05) is 13.8 Å². The summed E-state index contributed by atoms with van der Waals surface area (Å²) in [7, 11) is 3.08. The molecular formula is C39H56F2N6O8. The highest BCUT2D eigenvalue weighted by atomic mass is 19.3. The Morgan fingerprint density at radius 1 is 0.964 bits per heavy atom. The number of piperidine rings is 1. The fourth-order valence-corrected chi connectivity index (χ4v) is 7.83. The molecule has 14 nitrogen and oxygen atoms in total. The number of ether oxygens (including phenoxy) is 1. The predicted molar refractivity (Wildman–Crippen MR) is 197 cm³/mol. The number of fused-ring (bicyclic) bond motifs is 1. The van der Waals surface area contributed by atoms with Gasteiger partial charge in [0.05, 0.1) is 12.6 Å². The SMILES string of the molecule is CCCC(NC(=O)[C@@H]1[C@@H]2[C@H](CN1C(=O)C(NC(=O)OC(C)(C)C)C1CCC(F)(F)CC1)C2(C)C)C(=O)C(=O)NCC(=O)N[C@H](C(=O)N(C)C)c1ccccc1. The summed E-state index contributed by atoms with van der Waals surface area (Å²) in [4.78, 5) is 96.3. The lowest BCUT2D eigenvalue weighted by Gasteiger charge is -2.38. The maximum atomic E-state index is 14.3. The summed E-state index contributed by atoms with van der Waals surface area (Å²) in [6.07, 6.45) is -1.37. The van der Waals surface area contributed by atoms with Crippen molar-refractivity contribution in [2.45, 2.75) is 116 Å². The zero-order valence-electron chi connectivity index (χ0n) is 33.0. The lowest BCUT2D eigenvalue weighted by Crippen LogP contribution is -2.60. The number of hydrogen-bond acceptors (Lipinski definition) is 8. The number of nitrogens with zero attached hydrogens (tertiary/aromatic N) is 2. The van der Waals surface area contributed by atoms with Crippen molar-refractivity contribution in [3.63, 3.8) is 0 Å². The first-order valence-corrected chi connectivity index (χ1v) is 18.9. The van der Waals surface area contributed by atoms with Crippen LogP contribution in [0.2, 0.25) is 0 Å². The van der Waals surface area contributed by atoms with E-state index in [0.29, 0.717) is 12.0 Å². The van der Waals surface area contributed by atoms with E-state index in [-0.39, 0.29) is 43.1 Å². The summed E-state index contributed by atoms with van der Waals surface area (Å²) in [5.74, 6) is -8.41. The molecule has 1 aromatic rings. The summed E-state index contributed by atoms with van der Waals surface area (Å²) in [6, 6.07) is 3.91. The average molecular weight is 775 g/mol. The number of ketones is 1. The molecule has 16 heteroatoms. The molecule has 4 N–H and O–H groups in total. The van der Waals surface area contributed by atoms with Gasteiger partial charge in [0.25, 0.3) is 5.91 Å². The van der Waals surface area contributed by atoms with Gasteiger partial charge in [-0.15, -0.1) is 0 Å². The van der Waals surface area contributed by atoms with Crippen molar-refractivity contribution in [3.8, 4) is 0 Å². The second kappa shape index (κ2) is 17.0. The van der Waals surface area contributed by atoms with Gasteiger partial charge >= 0.3 is 6.09 Å². The second-order valence-electron chi connectivity index (χ2n) is 16.7. The third-order valence-electron chi connectivity index (χ3n) is 10.9. The van der Waals surface area contributed by atoms with Crippen LogP contribution >= 0.6 is 0 Å². The van der Waals surface area contributed by atoms with Crippen LogP contribution in [-0.4, -0.2) is 108 Å². The van der Waals surface area contributed by atoms with Crippen molar-refractivity contribution in [1.82, 2.24) is 31.1 Å². The van der Waals surface area contributed by atoms with E-state index in [0.717, 1.165) is 0 Å². The van der Waals surface area contributed by atoms with Crippen molar-refractivity contribution >= 4 is 41.4 Å². The first-order chi connectivity index (χ1) is 25.6. The van der Waals surface area contributed by atoms with E-state index < -0.39 is 102 Å². The molecule has 2 aliphatic carbocycles. The lowest BCUT2D eigenvalue weighted by molar-refractivity contribution is -0.145. The topological polar surface area (TPSA) is 183 Å². The molecule has 2 unspecified atom stereocenters. The number of benzene rings is 1. The smallest absolute Gasteiger partial charge is 0.408 e. The first kappa shape index (κ1) is 43.1. The van der Waals surface area contributed by atoms with Gasteiger partial charge in [0, 0.05) is 33.5 Å². The van der Waals surface area contributed by atoms with Gasteiger partial charge in [0.1, 0.15) is 23.7 Å². The number of rotatable bonds is 14. The summed E-state index contributed by atoms with van der Waals surface area (Å²) in [5.41, 5.74) is -0.707. The van der Waals surface area contributed by atoms with E-state index in [1.54, 1.807) is 58.0 Å². The summed E-state index contributed by atoms with van der Waals surface area (Å²) in [5, 5.41) is 10.2. The van der Waals surface area contributed by atoms with Crippen LogP contribution < -0.4 is 21.3 Å². The molecule has 55 heavy (non-hydrogen) atoms. The van der Waals surface area contributed by atoms with E-state index in [2.05, 4.69) is 21.3 Å². The highest BCUT2D eigenvalue weighted by Crippen LogP contribution is 2.65. The largest absolute Gasteiger partial charge is 0.444 e. The van der Waals surface area contributed by atoms with Crippen molar-refractivity contribution in [2.24, 2.45) is 23.2 Å². The molecular weight excluding hydrogens is 718 g/mol. The first-order valence-electron chi connectivity index (χ1n) is 18.9. The molecule has 304 valence electrons. The summed E-state index contributed by atoms with van der Waals surface area (Å²) < 4.78 is 33.7.